The maximum atomic E-state index is 12.4. The number of ether oxygens (including phenoxy) is 1. The van der Waals surface area contributed by atoms with Crippen LogP contribution in [0.1, 0.15) is 0 Å². The molecule has 0 unspecified atom stereocenters. The molecule has 1 aromatic carbocycles. The molecule has 0 fully saturated rings. The van der Waals surface area contributed by atoms with Gasteiger partial charge in [0.2, 0.25) is 0 Å². The molecule has 0 bridgehead atoms. The second kappa shape index (κ2) is 8.13. The fraction of sp³-hybridized carbons (Fsp3) is 0.267. The van der Waals surface area contributed by atoms with E-state index in [2.05, 4.69) is 5.32 Å². The Bertz CT molecular complexity index is 759. The molecule has 3 N–H and O–H groups in total. The topological polar surface area (TPSA) is 102 Å². The summed E-state index contributed by atoms with van der Waals surface area (Å²) in [6.07, 6.45) is 0. The summed E-state index contributed by atoms with van der Waals surface area (Å²) in [6.45, 7) is 0.640. The van der Waals surface area contributed by atoms with Crippen molar-refractivity contribution < 1.29 is 17.9 Å². The maximum absolute atomic E-state index is 12.4. The average Bonchev–Trinajstić information content (AvgIpc) is 3.13. The van der Waals surface area contributed by atoms with Gasteiger partial charge in [-0.25, -0.2) is 8.42 Å². The maximum Gasteiger partial charge on any atom is 0.273 e. The van der Waals surface area contributed by atoms with Gasteiger partial charge in [0.25, 0.3) is 15.9 Å². The van der Waals surface area contributed by atoms with Crippen molar-refractivity contribution in [2.75, 3.05) is 31.0 Å². The number of nitrogens with two attached hydrogens (primary N) is 1. The van der Waals surface area contributed by atoms with Crippen LogP contribution in [0, 0.1) is 0 Å². The number of amides is 1. The Morgan fingerprint density at radius 1 is 1.29 bits per heavy atom. The number of carbonyl (C=O) groups excluding carboxylic acids is 1. The van der Waals surface area contributed by atoms with Crippen LogP contribution in [0.4, 0.5) is 5.69 Å². The van der Waals surface area contributed by atoms with Gasteiger partial charge < -0.3 is 15.8 Å². The highest BCUT2D eigenvalue weighted by Gasteiger charge is 2.22. The SMILES string of the molecule is CN(c1ccc(OCC(=O)NCCN)cc1)S(=O)(=O)c1cccs1. The normalized spacial score (nSPS) is 11.1. The lowest BCUT2D eigenvalue weighted by molar-refractivity contribution is -0.123. The van der Waals surface area contributed by atoms with Crippen molar-refractivity contribution in [3.05, 3.63) is 41.8 Å². The van der Waals surface area contributed by atoms with E-state index in [1.54, 1.807) is 41.8 Å². The van der Waals surface area contributed by atoms with Crippen LogP contribution in [0.25, 0.3) is 0 Å². The van der Waals surface area contributed by atoms with Crippen molar-refractivity contribution in [1.29, 1.82) is 0 Å². The third kappa shape index (κ3) is 4.47. The summed E-state index contributed by atoms with van der Waals surface area (Å²) in [5.41, 5.74) is 5.79. The fourth-order valence-electron chi connectivity index (χ4n) is 1.85. The number of hydrogen-bond acceptors (Lipinski definition) is 6. The van der Waals surface area contributed by atoms with E-state index in [0.29, 0.717) is 24.5 Å². The molecule has 7 nitrogen and oxygen atoms in total. The molecular formula is C15H19N3O4S2. The standard InChI is InChI=1S/C15H19N3O4S2/c1-18(24(20,21)15-3-2-10-23-15)12-4-6-13(7-5-12)22-11-14(19)17-9-8-16/h2-7,10H,8-9,11,16H2,1H3,(H,17,19). The van der Waals surface area contributed by atoms with Crippen molar-refractivity contribution in [3.63, 3.8) is 0 Å². The van der Waals surface area contributed by atoms with E-state index in [4.69, 9.17) is 10.5 Å². The molecule has 24 heavy (non-hydrogen) atoms. The Hall–Kier alpha value is -2.10. The molecule has 1 heterocycles. The van der Waals surface area contributed by atoms with Gasteiger partial charge in [0.05, 0.1) is 5.69 Å². The third-order valence-corrected chi connectivity index (χ3v) is 6.31. The first-order chi connectivity index (χ1) is 11.4. The number of nitrogens with zero attached hydrogens (tertiary/aromatic N) is 1. The fourth-order valence-corrected chi connectivity index (χ4v) is 4.20. The minimum atomic E-state index is -3.56. The van der Waals surface area contributed by atoms with Gasteiger partial charge >= 0.3 is 0 Å². The third-order valence-electron chi connectivity index (χ3n) is 3.15. The highest BCUT2D eigenvalue weighted by Crippen LogP contribution is 2.26. The molecular weight excluding hydrogens is 350 g/mol. The van der Waals surface area contributed by atoms with E-state index in [-0.39, 0.29) is 16.7 Å². The molecule has 0 aliphatic rings. The summed E-state index contributed by atoms with van der Waals surface area (Å²) in [6, 6.07) is 9.74. The lowest BCUT2D eigenvalue weighted by Crippen LogP contribution is -2.32. The van der Waals surface area contributed by atoms with Gasteiger partial charge in [-0.1, -0.05) is 6.07 Å². The molecule has 2 aromatic rings. The Morgan fingerprint density at radius 2 is 2.00 bits per heavy atom. The van der Waals surface area contributed by atoms with E-state index in [0.717, 1.165) is 0 Å². The first-order valence-electron chi connectivity index (χ1n) is 7.17. The first-order valence-corrected chi connectivity index (χ1v) is 9.49. The Labute approximate surface area is 145 Å². The summed E-state index contributed by atoms with van der Waals surface area (Å²) >= 11 is 1.17. The van der Waals surface area contributed by atoms with Crippen LogP contribution in [0.15, 0.2) is 46.0 Å². The molecule has 0 spiro atoms. The molecule has 1 amide bonds. The molecule has 0 aliphatic carbocycles. The van der Waals surface area contributed by atoms with Crippen molar-refractivity contribution in [2.24, 2.45) is 5.73 Å². The number of thiophene rings is 1. The van der Waals surface area contributed by atoms with Crippen LogP contribution in [0.2, 0.25) is 0 Å². The number of hydrogen-bond donors (Lipinski definition) is 2. The summed E-state index contributed by atoms with van der Waals surface area (Å²) in [4.78, 5) is 11.4. The second-order valence-electron chi connectivity index (χ2n) is 4.83. The first kappa shape index (κ1) is 18.2. The highest BCUT2D eigenvalue weighted by atomic mass is 32.2. The molecule has 0 saturated carbocycles. The van der Waals surface area contributed by atoms with E-state index < -0.39 is 10.0 Å². The van der Waals surface area contributed by atoms with Crippen molar-refractivity contribution in [1.82, 2.24) is 5.32 Å². The van der Waals surface area contributed by atoms with Gasteiger partial charge in [-0.15, -0.1) is 11.3 Å². The molecule has 130 valence electrons. The smallest absolute Gasteiger partial charge is 0.273 e. The van der Waals surface area contributed by atoms with E-state index in [9.17, 15) is 13.2 Å². The molecule has 0 atom stereocenters. The Balaban J connectivity index is 2.00. The zero-order chi connectivity index (χ0) is 17.6. The number of rotatable bonds is 8. The number of anilines is 1. The minimum absolute atomic E-state index is 0.122. The molecule has 1 aromatic heterocycles. The molecule has 0 aliphatic heterocycles. The van der Waals surface area contributed by atoms with Crippen LogP contribution in [-0.2, 0) is 14.8 Å². The summed E-state index contributed by atoms with van der Waals surface area (Å²) in [5.74, 6) is 0.213. The van der Waals surface area contributed by atoms with Gasteiger partial charge in [-0.05, 0) is 35.7 Å². The zero-order valence-corrected chi connectivity index (χ0v) is 14.8. The van der Waals surface area contributed by atoms with Crippen LogP contribution >= 0.6 is 11.3 Å². The van der Waals surface area contributed by atoms with Crippen molar-refractivity contribution in [2.45, 2.75) is 4.21 Å². The predicted molar refractivity (Wildman–Crippen MR) is 93.9 cm³/mol. The van der Waals surface area contributed by atoms with Gasteiger partial charge in [0.1, 0.15) is 9.96 Å². The molecule has 0 radical (unpaired) electrons. The van der Waals surface area contributed by atoms with Crippen LogP contribution in [-0.4, -0.2) is 41.1 Å². The lowest BCUT2D eigenvalue weighted by atomic mass is 10.3. The number of benzene rings is 1. The molecule has 9 heteroatoms. The largest absolute Gasteiger partial charge is 0.484 e. The van der Waals surface area contributed by atoms with Crippen LogP contribution < -0.4 is 20.1 Å². The highest BCUT2D eigenvalue weighted by molar-refractivity contribution is 7.94. The van der Waals surface area contributed by atoms with Crippen molar-refractivity contribution in [3.8, 4) is 5.75 Å². The number of carbonyl (C=O) groups is 1. The summed E-state index contributed by atoms with van der Waals surface area (Å²) in [5, 5.41) is 4.31. The van der Waals surface area contributed by atoms with Crippen LogP contribution in [0.5, 0.6) is 5.75 Å². The lowest BCUT2D eigenvalue weighted by Gasteiger charge is -2.18. The molecule has 0 saturated heterocycles. The number of nitrogens with one attached hydrogen (secondary N) is 1. The van der Waals surface area contributed by atoms with E-state index >= 15 is 0 Å². The van der Waals surface area contributed by atoms with Gasteiger partial charge in [0, 0.05) is 20.1 Å². The Kier molecular flexibility index (Phi) is 6.18. The van der Waals surface area contributed by atoms with E-state index in [1.807, 2.05) is 0 Å². The van der Waals surface area contributed by atoms with Gasteiger partial charge in [0.15, 0.2) is 6.61 Å². The summed E-state index contributed by atoms with van der Waals surface area (Å²) < 4.78 is 31.7. The molecule has 2 rings (SSSR count). The number of sulfonamides is 1. The monoisotopic (exact) mass is 369 g/mol. The minimum Gasteiger partial charge on any atom is -0.484 e. The van der Waals surface area contributed by atoms with Gasteiger partial charge in [-0.2, -0.15) is 0 Å². The summed E-state index contributed by atoms with van der Waals surface area (Å²) in [7, 11) is -2.07. The quantitative estimate of drug-likeness (QED) is 0.724. The zero-order valence-electron chi connectivity index (χ0n) is 13.1. The second-order valence-corrected chi connectivity index (χ2v) is 7.97. The predicted octanol–water partition coefficient (Wildman–Crippen LogP) is 1.03. The van der Waals surface area contributed by atoms with Crippen LogP contribution in [0.3, 0.4) is 0 Å². The Morgan fingerprint density at radius 3 is 2.58 bits per heavy atom. The van der Waals surface area contributed by atoms with Gasteiger partial charge in [-0.3, -0.25) is 9.10 Å². The van der Waals surface area contributed by atoms with E-state index in [1.165, 1.54) is 22.7 Å². The average molecular weight is 369 g/mol. The van der Waals surface area contributed by atoms with Crippen molar-refractivity contribution >= 4 is 33.0 Å².